The summed E-state index contributed by atoms with van der Waals surface area (Å²) < 4.78 is 12.0. The first-order valence-electron chi connectivity index (χ1n) is 13.4. The SMILES string of the molecule is CCCCCCCCCOCC(CC)CC(CC)COCCCCCCCCC. The number of hydrogen-bond donors (Lipinski definition) is 0. The van der Waals surface area contributed by atoms with Crippen LogP contribution in [0.1, 0.15) is 137 Å². The van der Waals surface area contributed by atoms with Gasteiger partial charge in [-0.15, -0.1) is 0 Å². The van der Waals surface area contributed by atoms with Gasteiger partial charge in [-0.1, -0.05) is 118 Å². The summed E-state index contributed by atoms with van der Waals surface area (Å²) in [5.41, 5.74) is 0. The Morgan fingerprint density at radius 2 is 0.793 bits per heavy atom. The van der Waals surface area contributed by atoms with Crippen molar-refractivity contribution in [2.75, 3.05) is 26.4 Å². The zero-order valence-electron chi connectivity index (χ0n) is 20.8. The van der Waals surface area contributed by atoms with Crippen molar-refractivity contribution in [3.8, 4) is 0 Å². The summed E-state index contributed by atoms with van der Waals surface area (Å²) in [5.74, 6) is 1.40. The molecule has 0 aromatic heterocycles. The maximum atomic E-state index is 6.02. The molecular formula is C27H56O2. The van der Waals surface area contributed by atoms with Crippen LogP contribution < -0.4 is 0 Å². The van der Waals surface area contributed by atoms with Gasteiger partial charge >= 0.3 is 0 Å². The second-order valence-electron chi connectivity index (χ2n) is 9.18. The minimum atomic E-state index is 0.701. The predicted molar refractivity (Wildman–Crippen MR) is 130 cm³/mol. The van der Waals surface area contributed by atoms with Crippen LogP contribution in [0, 0.1) is 11.8 Å². The average Bonchev–Trinajstić information content (AvgIpc) is 2.74. The molecule has 0 N–H and O–H groups in total. The fourth-order valence-electron chi connectivity index (χ4n) is 4.00. The monoisotopic (exact) mass is 412 g/mol. The van der Waals surface area contributed by atoms with E-state index in [1.807, 2.05) is 0 Å². The molecule has 0 bridgehead atoms. The molecule has 0 spiro atoms. The van der Waals surface area contributed by atoms with Crippen LogP contribution in [0.3, 0.4) is 0 Å². The lowest BCUT2D eigenvalue weighted by molar-refractivity contribution is 0.0580. The van der Waals surface area contributed by atoms with Gasteiger partial charge in [-0.2, -0.15) is 0 Å². The van der Waals surface area contributed by atoms with Crippen LogP contribution in [0.5, 0.6) is 0 Å². The predicted octanol–water partition coefficient (Wildman–Crippen LogP) is 8.96. The maximum absolute atomic E-state index is 6.02. The molecule has 2 atom stereocenters. The van der Waals surface area contributed by atoms with E-state index in [4.69, 9.17) is 9.47 Å². The van der Waals surface area contributed by atoms with Gasteiger partial charge in [0.1, 0.15) is 0 Å². The normalized spacial score (nSPS) is 13.7. The summed E-state index contributed by atoms with van der Waals surface area (Å²) in [6.45, 7) is 13.0. The quantitative estimate of drug-likeness (QED) is 0.147. The van der Waals surface area contributed by atoms with Crippen LogP contribution in [0.15, 0.2) is 0 Å². The molecule has 0 radical (unpaired) electrons. The van der Waals surface area contributed by atoms with Gasteiger partial charge in [0.25, 0.3) is 0 Å². The molecule has 0 aromatic rings. The molecule has 0 saturated heterocycles. The van der Waals surface area contributed by atoms with Crippen molar-refractivity contribution in [3.05, 3.63) is 0 Å². The van der Waals surface area contributed by atoms with Crippen molar-refractivity contribution in [3.63, 3.8) is 0 Å². The Bertz CT molecular complexity index is 264. The Morgan fingerprint density at radius 3 is 1.14 bits per heavy atom. The minimum absolute atomic E-state index is 0.701. The molecule has 0 aromatic carbocycles. The van der Waals surface area contributed by atoms with Crippen LogP contribution in [0.2, 0.25) is 0 Å². The summed E-state index contributed by atoms with van der Waals surface area (Å²) >= 11 is 0. The Morgan fingerprint density at radius 1 is 0.448 bits per heavy atom. The van der Waals surface area contributed by atoms with Crippen molar-refractivity contribution in [1.82, 2.24) is 0 Å². The van der Waals surface area contributed by atoms with E-state index in [0.29, 0.717) is 11.8 Å². The van der Waals surface area contributed by atoms with Crippen LogP contribution in [0.4, 0.5) is 0 Å². The van der Waals surface area contributed by atoms with Gasteiger partial charge in [0, 0.05) is 26.4 Å². The molecule has 2 unspecified atom stereocenters. The highest BCUT2D eigenvalue weighted by atomic mass is 16.5. The van der Waals surface area contributed by atoms with E-state index >= 15 is 0 Å². The lowest BCUT2D eigenvalue weighted by Crippen LogP contribution is -2.18. The second-order valence-corrected chi connectivity index (χ2v) is 9.18. The fraction of sp³-hybridized carbons (Fsp3) is 1.00. The van der Waals surface area contributed by atoms with Crippen molar-refractivity contribution in [2.24, 2.45) is 11.8 Å². The molecule has 0 heterocycles. The minimum Gasteiger partial charge on any atom is -0.381 e. The van der Waals surface area contributed by atoms with Crippen molar-refractivity contribution >= 4 is 0 Å². The largest absolute Gasteiger partial charge is 0.381 e. The lowest BCUT2D eigenvalue weighted by atomic mass is 9.92. The fourth-order valence-corrected chi connectivity index (χ4v) is 4.00. The molecule has 0 amide bonds. The van der Waals surface area contributed by atoms with Crippen LogP contribution in [-0.2, 0) is 9.47 Å². The van der Waals surface area contributed by atoms with E-state index in [1.54, 1.807) is 0 Å². The highest BCUT2D eigenvalue weighted by Crippen LogP contribution is 2.20. The first-order chi connectivity index (χ1) is 14.3. The van der Waals surface area contributed by atoms with Crippen molar-refractivity contribution in [2.45, 2.75) is 137 Å². The molecule has 0 aliphatic carbocycles. The van der Waals surface area contributed by atoms with E-state index in [1.165, 1.54) is 109 Å². The van der Waals surface area contributed by atoms with E-state index in [2.05, 4.69) is 27.7 Å². The number of hydrogen-bond acceptors (Lipinski definition) is 2. The van der Waals surface area contributed by atoms with E-state index in [-0.39, 0.29) is 0 Å². The lowest BCUT2D eigenvalue weighted by Gasteiger charge is -2.22. The number of rotatable bonds is 24. The molecular weight excluding hydrogens is 356 g/mol. The number of unbranched alkanes of at least 4 members (excludes halogenated alkanes) is 12. The molecule has 176 valence electrons. The maximum Gasteiger partial charge on any atom is 0.0494 e. The molecule has 0 rings (SSSR count). The summed E-state index contributed by atoms with van der Waals surface area (Å²) in [5, 5.41) is 0. The Balaban J connectivity index is 3.62. The highest BCUT2D eigenvalue weighted by Gasteiger charge is 2.14. The first kappa shape index (κ1) is 28.9. The molecule has 0 saturated carbocycles. The smallest absolute Gasteiger partial charge is 0.0494 e. The van der Waals surface area contributed by atoms with E-state index < -0.39 is 0 Å². The van der Waals surface area contributed by atoms with Crippen molar-refractivity contribution in [1.29, 1.82) is 0 Å². The summed E-state index contributed by atoms with van der Waals surface area (Å²) in [6.07, 6.45) is 22.7. The molecule has 0 aliphatic heterocycles. The molecule has 0 aliphatic rings. The van der Waals surface area contributed by atoms with Gasteiger partial charge < -0.3 is 9.47 Å². The van der Waals surface area contributed by atoms with E-state index in [9.17, 15) is 0 Å². The Kier molecular flexibility index (Phi) is 24.1. The summed E-state index contributed by atoms with van der Waals surface area (Å²) in [7, 11) is 0. The molecule has 0 fully saturated rings. The molecule has 2 heteroatoms. The van der Waals surface area contributed by atoms with Crippen LogP contribution >= 0.6 is 0 Å². The Hall–Kier alpha value is -0.0800. The number of ether oxygens (including phenoxy) is 2. The third kappa shape index (κ3) is 21.0. The average molecular weight is 413 g/mol. The summed E-state index contributed by atoms with van der Waals surface area (Å²) in [6, 6.07) is 0. The first-order valence-corrected chi connectivity index (χ1v) is 13.4. The molecule has 2 nitrogen and oxygen atoms in total. The topological polar surface area (TPSA) is 18.5 Å². The standard InChI is InChI=1S/C27H56O2/c1-5-9-11-13-15-17-19-21-28-24-26(7-3)23-27(8-4)25-29-22-20-18-16-14-12-10-6-2/h26-27H,5-25H2,1-4H3. The van der Waals surface area contributed by atoms with Gasteiger partial charge in [-0.3, -0.25) is 0 Å². The molecule has 29 heavy (non-hydrogen) atoms. The third-order valence-corrected chi connectivity index (χ3v) is 6.31. The van der Waals surface area contributed by atoms with E-state index in [0.717, 1.165) is 26.4 Å². The van der Waals surface area contributed by atoms with Gasteiger partial charge in [0.15, 0.2) is 0 Å². The van der Waals surface area contributed by atoms with Gasteiger partial charge in [0.2, 0.25) is 0 Å². The second kappa shape index (κ2) is 24.2. The zero-order valence-corrected chi connectivity index (χ0v) is 20.8. The van der Waals surface area contributed by atoms with Gasteiger partial charge in [0.05, 0.1) is 0 Å². The van der Waals surface area contributed by atoms with Crippen molar-refractivity contribution < 1.29 is 9.47 Å². The van der Waals surface area contributed by atoms with Crippen LogP contribution in [0.25, 0.3) is 0 Å². The van der Waals surface area contributed by atoms with Gasteiger partial charge in [-0.25, -0.2) is 0 Å². The zero-order chi connectivity index (χ0) is 21.4. The summed E-state index contributed by atoms with van der Waals surface area (Å²) in [4.78, 5) is 0. The van der Waals surface area contributed by atoms with Gasteiger partial charge in [-0.05, 0) is 31.1 Å². The Labute approximate surface area is 184 Å². The van der Waals surface area contributed by atoms with Crippen LogP contribution in [-0.4, -0.2) is 26.4 Å². The third-order valence-electron chi connectivity index (χ3n) is 6.31. The highest BCUT2D eigenvalue weighted by molar-refractivity contribution is 4.64.